The zero-order valence-corrected chi connectivity index (χ0v) is 17.1. The number of hydrogen-bond donors (Lipinski definition) is 0. The minimum absolute atomic E-state index is 0.0812. The third-order valence-electron chi connectivity index (χ3n) is 4.62. The number of hydrogen-bond acceptors (Lipinski definition) is 6. The van der Waals surface area contributed by atoms with E-state index in [2.05, 4.69) is 21.6 Å². The first-order chi connectivity index (χ1) is 13.6. The van der Waals surface area contributed by atoms with Crippen LogP contribution in [0.15, 0.2) is 45.5 Å². The molecule has 6 nitrogen and oxygen atoms in total. The molecule has 1 aliphatic rings. The van der Waals surface area contributed by atoms with E-state index in [1.54, 1.807) is 17.4 Å². The molecule has 0 radical (unpaired) electrons. The highest BCUT2D eigenvalue weighted by atomic mass is 35.5. The van der Waals surface area contributed by atoms with Crippen LogP contribution < -0.4 is 0 Å². The van der Waals surface area contributed by atoms with Crippen LogP contribution in [-0.4, -0.2) is 45.5 Å². The van der Waals surface area contributed by atoms with E-state index in [4.69, 9.17) is 16.0 Å². The van der Waals surface area contributed by atoms with Crippen molar-refractivity contribution in [3.05, 3.63) is 57.6 Å². The van der Waals surface area contributed by atoms with Crippen LogP contribution >= 0.6 is 22.9 Å². The van der Waals surface area contributed by atoms with Gasteiger partial charge in [-0.25, -0.2) is 0 Å². The summed E-state index contributed by atoms with van der Waals surface area (Å²) in [7, 11) is 1.96. The van der Waals surface area contributed by atoms with Crippen molar-refractivity contribution in [1.82, 2.24) is 20.0 Å². The molecule has 0 unspecified atom stereocenters. The van der Waals surface area contributed by atoms with E-state index in [9.17, 15) is 4.79 Å². The van der Waals surface area contributed by atoms with Gasteiger partial charge in [0, 0.05) is 12.6 Å². The smallest absolute Gasteiger partial charge is 0.249 e. The highest BCUT2D eigenvalue weighted by molar-refractivity contribution is 7.07. The molecular formula is C20H21ClN4O2S. The van der Waals surface area contributed by atoms with Gasteiger partial charge in [0.1, 0.15) is 0 Å². The van der Waals surface area contributed by atoms with Gasteiger partial charge < -0.3 is 9.32 Å². The summed E-state index contributed by atoms with van der Waals surface area (Å²) in [5.74, 6) is 0.881. The maximum Gasteiger partial charge on any atom is 0.249 e. The maximum atomic E-state index is 12.9. The van der Waals surface area contributed by atoms with Crippen molar-refractivity contribution >= 4 is 28.8 Å². The Bertz CT molecular complexity index is 939. The van der Waals surface area contributed by atoms with Crippen LogP contribution in [-0.2, 0) is 17.9 Å². The molecule has 4 rings (SSSR count). The van der Waals surface area contributed by atoms with E-state index < -0.39 is 0 Å². The van der Waals surface area contributed by atoms with E-state index in [0.717, 1.165) is 19.4 Å². The lowest BCUT2D eigenvalue weighted by molar-refractivity contribution is -0.133. The fourth-order valence-corrected chi connectivity index (χ4v) is 3.96. The molecule has 1 aromatic carbocycles. The van der Waals surface area contributed by atoms with Crippen LogP contribution in [0.2, 0.25) is 5.02 Å². The van der Waals surface area contributed by atoms with Gasteiger partial charge in [-0.3, -0.25) is 9.69 Å². The predicted octanol–water partition coefficient (Wildman–Crippen LogP) is 4.07. The van der Waals surface area contributed by atoms with Gasteiger partial charge >= 0.3 is 0 Å². The lowest BCUT2D eigenvalue weighted by Gasteiger charge is -2.24. The SMILES string of the molecule is CN(CC(=O)N(Cc1nnc(-c2ccccc2Cl)o1)C1CC1)Cc1ccsc1. The summed E-state index contributed by atoms with van der Waals surface area (Å²) in [5, 5.41) is 12.9. The van der Waals surface area contributed by atoms with Crippen LogP contribution in [0.5, 0.6) is 0 Å². The maximum absolute atomic E-state index is 12.9. The molecule has 1 aliphatic carbocycles. The van der Waals surface area contributed by atoms with Crippen molar-refractivity contribution in [3.8, 4) is 11.5 Å². The first kappa shape index (κ1) is 19.1. The van der Waals surface area contributed by atoms with Crippen molar-refractivity contribution in [2.45, 2.75) is 32.0 Å². The van der Waals surface area contributed by atoms with Gasteiger partial charge in [0.25, 0.3) is 0 Å². The number of likely N-dealkylation sites (N-methyl/N-ethyl adjacent to an activating group) is 1. The zero-order chi connectivity index (χ0) is 19.5. The topological polar surface area (TPSA) is 62.5 Å². The highest BCUT2D eigenvalue weighted by Crippen LogP contribution is 2.30. The summed E-state index contributed by atoms with van der Waals surface area (Å²) in [6.45, 7) is 1.44. The second-order valence-corrected chi connectivity index (χ2v) is 8.22. The molecule has 0 atom stereocenters. The molecule has 28 heavy (non-hydrogen) atoms. The zero-order valence-electron chi connectivity index (χ0n) is 15.5. The first-order valence-corrected chi connectivity index (χ1v) is 10.5. The number of halogens is 1. The number of nitrogens with zero attached hydrogens (tertiary/aromatic N) is 4. The summed E-state index contributed by atoms with van der Waals surface area (Å²) in [5.41, 5.74) is 1.92. The largest absolute Gasteiger partial charge is 0.419 e. The average Bonchev–Trinajstić information content (AvgIpc) is 3.18. The third kappa shape index (κ3) is 4.60. The van der Waals surface area contributed by atoms with E-state index >= 15 is 0 Å². The van der Waals surface area contributed by atoms with Crippen molar-refractivity contribution in [2.24, 2.45) is 0 Å². The van der Waals surface area contributed by atoms with Gasteiger partial charge in [0.05, 0.1) is 23.7 Å². The summed E-state index contributed by atoms with van der Waals surface area (Å²) < 4.78 is 5.79. The van der Waals surface area contributed by atoms with Crippen molar-refractivity contribution < 1.29 is 9.21 Å². The molecule has 2 heterocycles. The summed E-state index contributed by atoms with van der Waals surface area (Å²) in [6.07, 6.45) is 2.04. The standard InChI is InChI=1S/C20H21ClN4O2S/c1-24(10-14-8-9-28-13-14)12-19(26)25(15-6-7-15)11-18-22-23-20(27-18)16-4-2-3-5-17(16)21/h2-5,8-9,13,15H,6-7,10-12H2,1H3. The molecule has 1 amide bonds. The molecule has 2 aromatic heterocycles. The molecule has 8 heteroatoms. The fourth-order valence-electron chi connectivity index (χ4n) is 3.09. The molecule has 3 aromatic rings. The number of aromatic nitrogens is 2. The Morgan fingerprint density at radius 3 is 2.79 bits per heavy atom. The quantitative estimate of drug-likeness (QED) is 0.553. The van der Waals surface area contributed by atoms with Gasteiger partial charge in [-0.05, 0) is 54.4 Å². The average molecular weight is 417 g/mol. The Balaban J connectivity index is 1.41. The molecular weight excluding hydrogens is 396 g/mol. The van der Waals surface area contributed by atoms with Crippen molar-refractivity contribution in [3.63, 3.8) is 0 Å². The number of carbonyl (C=O) groups excluding carboxylic acids is 1. The number of amides is 1. The van der Waals surface area contributed by atoms with Crippen LogP contribution in [0.25, 0.3) is 11.5 Å². The molecule has 0 bridgehead atoms. The number of thiophene rings is 1. The number of benzene rings is 1. The Labute approximate surface area is 172 Å². The fraction of sp³-hybridized carbons (Fsp3) is 0.350. The minimum Gasteiger partial charge on any atom is -0.419 e. The number of rotatable bonds is 8. The van der Waals surface area contributed by atoms with E-state index in [1.165, 1.54) is 5.56 Å². The van der Waals surface area contributed by atoms with E-state index in [0.29, 0.717) is 35.5 Å². The Hall–Kier alpha value is -2.22. The second-order valence-electron chi connectivity index (χ2n) is 7.04. The normalized spacial score (nSPS) is 13.8. The van der Waals surface area contributed by atoms with Gasteiger partial charge in [0.2, 0.25) is 17.7 Å². The third-order valence-corrected chi connectivity index (χ3v) is 5.68. The van der Waals surface area contributed by atoms with Crippen LogP contribution in [0, 0.1) is 0 Å². The lowest BCUT2D eigenvalue weighted by atomic mass is 10.2. The summed E-state index contributed by atoms with van der Waals surface area (Å²) in [6, 6.07) is 9.68. The first-order valence-electron chi connectivity index (χ1n) is 9.16. The summed E-state index contributed by atoms with van der Waals surface area (Å²) >= 11 is 7.87. The monoisotopic (exact) mass is 416 g/mol. The molecule has 1 fully saturated rings. The second kappa shape index (κ2) is 8.43. The lowest BCUT2D eigenvalue weighted by Crippen LogP contribution is -2.39. The summed E-state index contributed by atoms with van der Waals surface area (Å²) in [4.78, 5) is 16.8. The van der Waals surface area contributed by atoms with Gasteiger partial charge in [0.15, 0.2) is 0 Å². The van der Waals surface area contributed by atoms with E-state index in [-0.39, 0.29) is 11.9 Å². The van der Waals surface area contributed by atoms with Crippen LogP contribution in [0.1, 0.15) is 24.3 Å². The van der Waals surface area contributed by atoms with Gasteiger partial charge in [-0.15, -0.1) is 10.2 Å². The van der Waals surface area contributed by atoms with Crippen molar-refractivity contribution in [2.75, 3.05) is 13.6 Å². The molecule has 1 saturated carbocycles. The predicted molar refractivity (Wildman–Crippen MR) is 109 cm³/mol. The van der Waals surface area contributed by atoms with Crippen molar-refractivity contribution in [1.29, 1.82) is 0 Å². The molecule has 0 aliphatic heterocycles. The molecule has 0 spiro atoms. The van der Waals surface area contributed by atoms with Gasteiger partial charge in [-0.1, -0.05) is 23.7 Å². The molecule has 0 saturated heterocycles. The number of carbonyl (C=O) groups is 1. The molecule has 146 valence electrons. The van der Waals surface area contributed by atoms with Gasteiger partial charge in [-0.2, -0.15) is 11.3 Å². The Kier molecular flexibility index (Phi) is 5.75. The Morgan fingerprint density at radius 2 is 2.07 bits per heavy atom. The van der Waals surface area contributed by atoms with Crippen LogP contribution in [0.4, 0.5) is 0 Å². The van der Waals surface area contributed by atoms with Crippen LogP contribution in [0.3, 0.4) is 0 Å². The van der Waals surface area contributed by atoms with E-state index in [1.807, 2.05) is 40.4 Å². The Morgan fingerprint density at radius 1 is 1.25 bits per heavy atom. The highest BCUT2D eigenvalue weighted by Gasteiger charge is 2.34. The minimum atomic E-state index is 0.0812. The molecule has 0 N–H and O–H groups in total.